The van der Waals surface area contributed by atoms with E-state index in [0.717, 1.165) is 10.9 Å². The highest BCUT2D eigenvalue weighted by molar-refractivity contribution is 7.98. The lowest BCUT2D eigenvalue weighted by Crippen LogP contribution is -2.46. The highest BCUT2D eigenvalue weighted by Gasteiger charge is 2.23. The van der Waals surface area contributed by atoms with E-state index in [1.165, 1.54) is 30.8 Å². The number of aliphatic carboxylic acids is 1. The van der Waals surface area contributed by atoms with Crippen LogP contribution in [0.25, 0.3) is 11.0 Å². The number of aryl methyl sites for hydroxylation is 1. The molecule has 1 unspecified atom stereocenters. The van der Waals surface area contributed by atoms with Crippen molar-refractivity contribution in [2.45, 2.75) is 32.4 Å². The standard InChI is InChI=1S/C18H21NO6S/c1-10-8-16(20)25-15-9-12(4-5-13(10)15)24-11(2)17(21)19-14(18(22)23)6-7-26-3/h4-5,8-9,11,14H,6-7H2,1-3H3,(H,19,21)(H,22,23)/t11?,14-/m0/s1. The Morgan fingerprint density at radius 2 is 2.08 bits per heavy atom. The van der Waals surface area contributed by atoms with Crippen LogP contribution in [0.1, 0.15) is 18.9 Å². The van der Waals surface area contributed by atoms with Crippen molar-refractivity contribution in [1.29, 1.82) is 0 Å². The average Bonchev–Trinajstić information content (AvgIpc) is 2.57. The number of carbonyl (C=O) groups excluding carboxylic acids is 1. The molecule has 0 aliphatic heterocycles. The second kappa shape index (κ2) is 8.75. The van der Waals surface area contributed by atoms with E-state index in [-0.39, 0.29) is 0 Å². The Labute approximate surface area is 154 Å². The molecule has 26 heavy (non-hydrogen) atoms. The molecule has 0 saturated carbocycles. The van der Waals surface area contributed by atoms with Crippen LogP contribution in [0.4, 0.5) is 0 Å². The third kappa shape index (κ3) is 5.01. The van der Waals surface area contributed by atoms with Crippen molar-refractivity contribution in [3.05, 3.63) is 40.2 Å². The van der Waals surface area contributed by atoms with E-state index in [1.807, 2.05) is 6.26 Å². The third-order valence-electron chi connectivity index (χ3n) is 3.83. The number of amides is 1. The van der Waals surface area contributed by atoms with Crippen LogP contribution >= 0.6 is 11.8 Å². The van der Waals surface area contributed by atoms with Crippen molar-refractivity contribution < 1.29 is 23.8 Å². The molecule has 8 heteroatoms. The van der Waals surface area contributed by atoms with E-state index < -0.39 is 29.6 Å². The Balaban J connectivity index is 2.09. The summed E-state index contributed by atoms with van der Waals surface area (Å²) in [6.07, 6.45) is 1.29. The monoisotopic (exact) mass is 379 g/mol. The quantitative estimate of drug-likeness (QED) is 0.677. The predicted molar refractivity (Wildman–Crippen MR) is 99.9 cm³/mol. The summed E-state index contributed by atoms with van der Waals surface area (Å²) in [7, 11) is 0. The van der Waals surface area contributed by atoms with E-state index in [1.54, 1.807) is 19.1 Å². The minimum Gasteiger partial charge on any atom is -0.481 e. The Kier molecular flexibility index (Phi) is 6.68. The Morgan fingerprint density at radius 3 is 2.73 bits per heavy atom. The van der Waals surface area contributed by atoms with Crippen LogP contribution in [0, 0.1) is 6.92 Å². The zero-order valence-corrected chi connectivity index (χ0v) is 15.6. The smallest absolute Gasteiger partial charge is 0.336 e. The predicted octanol–water partition coefficient (Wildman–Crippen LogP) is 2.19. The molecule has 1 aromatic heterocycles. The minimum absolute atomic E-state index is 0.329. The molecule has 2 rings (SSSR count). The first kappa shape index (κ1) is 19.8. The number of ether oxygens (including phenoxy) is 1. The molecule has 1 amide bonds. The van der Waals surface area contributed by atoms with Gasteiger partial charge in [0.1, 0.15) is 17.4 Å². The lowest BCUT2D eigenvalue weighted by molar-refractivity contribution is -0.142. The molecule has 0 saturated heterocycles. The molecule has 0 fully saturated rings. The summed E-state index contributed by atoms with van der Waals surface area (Å²) < 4.78 is 10.7. The molecule has 0 bridgehead atoms. The van der Waals surface area contributed by atoms with Crippen LogP contribution in [-0.2, 0) is 9.59 Å². The number of thioether (sulfide) groups is 1. The number of hydrogen-bond acceptors (Lipinski definition) is 6. The normalized spacial score (nSPS) is 13.2. The van der Waals surface area contributed by atoms with Crippen LogP contribution < -0.4 is 15.7 Å². The Bertz CT molecular complexity index is 862. The summed E-state index contributed by atoms with van der Waals surface area (Å²) in [5.74, 6) is -0.632. The van der Waals surface area contributed by atoms with Gasteiger partial charge in [0.2, 0.25) is 0 Å². The van der Waals surface area contributed by atoms with Crippen molar-refractivity contribution in [2.75, 3.05) is 12.0 Å². The second-order valence-electron chi connectivity index (χ2n) is 5.85. The van der Waals surface area contributed by atoms with Gasteiger partial charge in [0.15, 0.2) is 6.10 Å². The summed E-state index contributed by atoms with van der Waals surface area (Å²) in [6, 6.07) is 5.39. The fourth-order valence-electron chi connectivity index (χ4n) is 2.42. The SMILES string of the molecule is CSCC[C@H](NC(=O)C(C)Oc1ccc2c(C)cc(=O)oc2c1)C(=O)O. The van der Waals surface area contributed by atoms with Gasteiger partial charge in [-0.15, -0.1) is 0 Å². The molecule has 0 aliphatic carbocycles. The number of benzene rings is 1. The molecule has 0 aliphatic rings. The van der Waals surface area contributed by atoms with Gasteiger partial charge in [-0.1, -0.05) is 0 Å². The number of carboxylic acids is 1. The van der Waals surface area contributed by atoms with E-state index in [9.17, 15) is 19.5 Å². The first-order valence-corrected chi connectivity index (χ1v) is 9.44. The van der Waals surface area contributed by atoms with Crippen LogP contribution in [-0.4, -0.2) is 41.1 Å². The van der Waals surface area contributed by atoms with E-state index in [0.29, 0.717) is 23.5 Å². The maximum absolute atomic E-state index is 12.2. The highest BCUT2D eigenvalue weighted by atomic mass is 32.2. The van der Waals surface area contributed by atoms with Gasteiger partial charge in [-0.05, 0) is 50.0 Å². The fourth-order valence-corrected chi connectivity index (χ4v) is 2.89. The number of carbonyl (C=O) groups is 2. The molecule has 1 heterocycles. The van der Waals surface area contributed by atoms with Crippen LogP contribution in [0.3, 0.4) is 0 Å². The van der Waals surface area contributed by atoms with Crippen molar-refractivity contribution in [3.8, 4) is 5.75 Å². The molecule has 2 N–H and O–H groups in total. The van der Waals surface area contributed by atoms with Crippen molar-refractivity contribution in [2.24, 2.45) is 0 Å². The molecule has 1 aromatic carbocycles. The van der Waals surface area contributed by atoms with Gasteiger partial charge in [-0.25, -0.2) is 9.59 Å². The summed E-state index contributed by atoms with van der Waals surface area (Å²) in [5, 5.41) is 12.4. The summed E-state index contributed by atoms with van der Waals surface area (Å²) >= 11 is 1.51. The zero-order chi connectivity index (χ0) is 19.3. The van der Waals surface area contributed by atoms with Gasteiger partial charge in [0, 0.05) is 17.5 Å². The number of fused-ring (bicyclic) bond motifs is 1. The van der Waals surface area contributed by atoms with E-state index >= 15 is 0 Å². The van der Waals surface area contributed by atoms with Crippen LogP contribution in [0.2, 0.25) is 0 Å². The van der Waals surface area contributed by atoms with Gasteiger partial charge in [0.25, 0.3) is 5.91 Å². The largest absolute Gasteiger partial charge is 0.481 e. The molecule has 2 atom stereocenters. The molecular formula is C18H21NO6S. The fraction of sp³-hybridized carbons (Fsp3) is 0.389. The van der Waals surface area contributed by atoms with Crippen molar-refractivity contribution in [1.82, 2.24) is 5.32 Å². The first-order chi connectivity index (χ1) is 12.3. The van der Waals surface area contributed by atoms with Gasteiger partial charge < -0.3 is 19.6 Å². The first-order valence-electron chi connectivity index (χ1n) is 8.05. The molecule has 0 radical (unpaired) electrons. The minimum atomic E-state index is -1.08. The van der Waals surface area contributed by atoms with Gasteiger partial charge in [-0.2, -0.15) is 11.8 Å². The zero-order valence-electron chi connectivity index (χ0n) is 14.8. The molecule has 140 valence electrons. The Morgan fingerprint density at radius 1 is 1.35 bits per heavy atom. The van der Waals surface area contributed by atoms with Gasteiger partial charge >= 0.3 is 11.6 Å². The summed E-state index contributed by atoms with van der Waals surface area (Å²) in [6.45, 7) is 3.33. The van der Waals surface area contributed by atoms with Crippen LogP contribution in [0.15, 0.2) is 33.5 Å². The third-order valence-corrected chi connectivity index (χ3v) is 4.47. The van der Waals surface area contributed by atoms with Crippen molar-refractivity contribution in [3.63, 3.8) is 0 Å². The number of carboxylic acid groups (broad SMARTS) is 1. The second-order valence-corrected chi connectivity index (χ2v) is 6.83. The van der Waals surface area contributed by atoms with E-state index in [4.69, 9.17) is 9.15 Å². The topological polar surface area (TPSA) is 106 Å². The lowest BCUT2D eigenvalue weighted by Gasteiger charge is -2.18. The maximum atomic E-state index is 12.2. The maximum Gasteiger partial charge on any atom is 0.336 e. The molecule has 7 nitrogen and oxygen atoms in total. The van der Waals surface area contributed by atoms with Gasteiger partial charge in [0.05, 0.1) is 0 Å². The van der Waals surface area contributed by atoms with Gasteiger partial charge in [-0.3, -0.25) is 4.79 Å². The lowest BCUT2D eigenvalue weighted by atomic mass is 10.1. The number of nitrogens with one attached hydrogen (secondary N) is 1. The molecular weight excluding hydrogens is 358 g/mol. The highest BCUT2D eigenvalue weighted by Crippen LogP contribution is 2.23. The van der Waals surface area contributed by atoms with Crippen molar-refractivity contribution >= 4 is 34.6 Å². The summed E-state index contributed by atoms with van der Waals surface area (Å²) in [4.78, 5) is 34.9. The molecule has 2 aromatic rings. The average molecular weight is 379 g/mol. The summed E-state index contributed by atoms with van der Waals surface area (Å²) in [5.41, 5.74) is 0.686. The van der Waals surface area contributed by atoms with E-state index in [2.05, 4.69) is 5.32 Å². The van der Waals surface area contributed by atoms with Crippen LogP contribution in [0.5, 0.6) is 5.75 Å². The number of hydrogen-bond donors (Lipinski definition) is 2. The Hall–Kier alpha value is -2.48. The number of rotatable bonds is 8. The molecule has 0 spiro atoms.